The fraction of sp³-hybridized carbons (Fsp3) is 0.286. The Morgan fingerprint density at radius 3 is 2.11 bits per heavy atom. The van der Waals surface area contributed by atoms with Crippen molar-refractivity contribution in [3.05, 3.63) is 71.8 Å². The highest BCUT2D eigenvalue weighted by Gasteiger charge is 2.22. The van der Waals surface area contributed by atoms with Gasteiger partial charge in [0.25, 0.3) is 5.91 Å². The third-order valence-electron chi connectivity index (χ3n) is 3.95. The Morgan fingerprint density at radius 1 is 0.926 bits per heavy atom. The third-order valence-corrected chi connectivity index (χ3v) is 3.95. The zero-order chi connectivity index (χ0) is 19.6. The van der Waals surface area contributed by atoms with Gasteiger partial charge in [-0.1, -0.05) is 48.5 Å². The Balaban J connectivity index is 2.08. The number of ether oxygens (including phenoxy) is 1. The predicted molar refractivity (Wildman–Crippen MR) is 102 cm³/mol. The minimum atomic E-state index is -0.751. The fourth-order valence-corrected chi connectivity index (χ4v) is 2.58. The van der Waals surface area contributed by atoms with Crippen LogP contribution in [0.15, 0.2) is 60.7 Å². The summed E-state index contributed by atoms with van der Waals surface area (Å²) in [6, 6.07) is 16.8. The number of carbonyl (C=O) groups excluding carboxylic acids is 3. The van der Waals surface area contributed by atoms with E-state index in [1.54, 1.807) is 38.1 Å². The lowest BCUT2D eigenvalue weighted by Crippen LogP contribution is -2.41. The lowest BCUT2D eigenvalue weighted by molar-refractivity contribution is -0.146. The number of hydrogen-bond acceptors (Lipinski definition) is 4. The maximum atomic E-state index is 12.5. The van der Waals surface area contributed by atoms with Crippen molar-refractivity contribution in [2.24, 2.45) is 0 Å². The summed E-state index contributed by atoms with van der Waals surface area (Å²) in [5.41, 5.74) is 1.32. The molecule has 2 aromatic rings. The van der Waals surface area contributed by atoms with Crippen LogP contribution in [0.25, 0.3) is 0 Å². The van der Waals surface area contributed by atoms with E-state index in [-0.39, 0.29) is 24.8 Å². The number of amides is 2. The van der Waals surface area contributed by atoms with E-state index in [4.69, 9.17) is 4.74 Å². The number of rotatable bonds is 8. The standard InChI is InChI=1S/C21H24N2O4/c1-3-27-21(26)15(2)22-19(24)14-18(16-10-6-4-7-11-16)23-20(25)17-12-8-5-9-13-17/h4-13,15,18H,3,14H2,1-2H3,(H,22,24)(H,23,25). The summed E-state index contributed by atoms with van der Waals surface area (Å²) in [6.45, 7) is 3.52. The molecule has 0 aliphatic rings. The predicted octanol–water partition coefficient (Wildman–Crippen LogP) is 2.62. The zero-order valence-corrected chi connectivity index (χ0v) is 15.5. The normalized spacial score (nSPS) is 12.5. The van der Waals surface area contributed by atoms with Gasteiger partial charge in [-0.05, 0) is 31.5 Å². The highest BCUT2D eigenvalue weighted by Crippen LogP contribution is 2.17. The first-order chi connectivity index (χ1) is 13.0. The maximum absolute atomic E-state index is 12.5. The molecule has 6 nitrogen and oxygen atoms in total. The monoisotopic (exact) mass is 368 g/mol. The van der Waals surface area contributed by atoms with Gasteiger partial charge >= 0.3 is 5.97 Å². The van der Waals surface area contributed by atoms with Crippen LogP contribution in [0.1, 0.15) is 42.2 Å². The summed E-state index contributed by atoms with van der Waals surface area (Å²) in [5.74, 6) is -1.11. The molecule has 0 spiro atoms. The molecule has 0 radical (unpaired) electrons. The van der Waals surface area contributed by atoms with E-state index in [0.717, 1.165) is 5.56 Å². The Labute approximate surface area is 158 Å². The van der Waals surface area contributed by atoms with Crippen LogP contribution < -0.4 is 10.6 Å². The molecule has 0 fully saturated rings. The van der Waals surface area contributed by atoms with Gasteiger partial charge in [0.15, 0.2) is 0 Å². The SMILES string of the molecule is CCOC(=O)C(C)NC(=O)CC(NC(=O)c1ccccc1)c1ccccc1. The molecule has 27 heavy (non-hydrogen) atoms. The van der Waals surface area contributed by atoms with Crippen molar-refractivity contribution in [3.8, 4) is 0 Å². The van der Waals surface area contributed by atoms with Crippen molar-refractivity contribution in [2.75, 3.05) is 6.61 Å². The molecule has 0 aliphatic heterocycles. The number of nitrogens with one attached hydrogen (secondary N) is 2. The van der Waals surface area contributed by atoms with Crippen LogP contribution in [-0.2, 0) is 14.3 Å². The summed E-state index contributed by atoms with van der Waals surface area (Å²) in [6.07, 6.45) is 0.00628. The van der Waals surface area contributed by atoms with Gasteiger partial charge in [0.1, 0.15) is 6.04 Å². The van der Waals surface area contributed by atoms with Crippen molar-refractivity contribution < 1.29 is 19.1 Å². The molecule has 0 aliphatic carbocycles. The number of esters is 1. The molecule has 0 bridgehead atoms. The maximum Gasteiger partial charge on any atom is 0.328 e. The highest BCUT2D eigenvalue weighted by atomic mass is 16.5. The zero-order valence-electron chi connectivity index (χ0n) is 15.5. The second-order valence-electron chi connectivity index (χ2n) is 6.05. The fourth-order valence-electron chi connectivity index (χ4n) is 2.58. The topological polar surface area (TPSA) is 84.5 Å². The molecular weight excluding hydrogens is 344 g/mol. The van der Waals surface area contributed by atoms with E-state index in [2.05, 4.69) is 10.6 Å². The molecule has 0 heterocycles. The van der Waals surface area contributed by atoms with Crippen LogP contribution in [0.4, 0.5) is 0 Å². The average molecular weight is 368 g/mol. The van der Waals surface area contributed by atoms with Gasteiger partial charge in [-0.2, -0.15) is 0 Å². The van der Waals surface area contributed by atoms with Crippen LogP contribution >= 0.6 is 0 Å². The van der Waals surface area contributed by atoms with E-state index in [0.29, 0.717) is 5.56 Å². The van der Waals surface area contributed by atoms with Crippen molar-refractivity contribution in [1.82, 2.24) is 10.6 Å². The molecule has 142 valence electrons. The molecule has 2 rings (SSSR count). The minimum Gasteiger partial charge on any atom is -0.464 e. The molecule has 2 unspecified atom stereocenters. The molecule has 0 saturated heterocycles. The van der Waals surface area contributed by atoms with Crippen LogP contribution in [0.3, 0.4) is 0 Å². The van der Waals surface area contributed by atoms with E-state index in [1.165, 1.54) is 0 Å². The first-order valence-corrected chi connectivity index (χ1v) is 8.88. The van der Waals surface area contributed by atoms with Gasteiger partial charge in [-0.25, -0.2) is 4.79 Å². The van der Waals surface area contributed by atoms with Gasteiger partial charge in [-0.15, -0.1) is 0 Å². The summed E-state index contributed by atoms with van der Waals surface area (Å²) in [4.78, 5) is 36.6. The second kappa shape index (κ2) is 10.1. The van der Waals surface area contributed by atoms with Gasteiger partial charge < -0.3 is 15.4 Å². The minimum absolute atomic E-state index is 0.00628. The van der Waals surface area contributed by atoms with E-state index >= 15 is 0 Å². The highest BCUT2D eigenvalue weighted by molar-refractivity contribution is 5.94. The summed E-state index contributed by atoms with van der Waals surface area (Å²) >= 11 is 0. The summed E-state index contributed by atoms with van der Waals surface area (Å²) in [7, 11) is 0. The van der Waals surface area contributed by atoms with E-state index in [9.17, 15) is 14.4 Å². The molecule has 2 aromatic carbocycles. The summed E-state index contributed by atoms with van der Waals surface area (Å²) in [5, 5.41) is 5.51. The molecule has 0 saturated carbocycles. The Hall–Kier alpha value is -3.15. The van der Waals surface area contributed by atoms with Crippen LogP contribution in [0.2, 0.25) is 0 Å². The van der Waals surface area contributed by atoms with Crippen LogP contribution in [-0.4, -0.2) is 30.4 Å². The van der Waals surface area contributed by atoms with Crippen LogP contribution in [0.5, 0.6) is 0 Å². The number of benzene rings is 2. The van der Waals surface area contributed by atoms with Crippen LogP contribution in [0, 0.1) is 0 Å². The van der Waals surface area contributed by atoms with Gasteiger partial charge in [-0.3, -0.25) is 9.59 Å². The Morgan fingerprint density at radius 2 is 1.52 bits per heavy atom. The van der Waals surface area contributed by atoms with E-state index in [1.807, 2.05) is 36.4 Å². The Kier molecular flexibility index (Phi) is 7.55. The van der Waals surface area contributed by atoms with Crippen molar-refractivity contribution in [1.29, 1.82) is 0 Å². The summed E-state index contributed by atoms with van der Waals surface area (Å²) < 4.78 is 4.89. The van der Waals surface area contributed by atoms with Gasteiger partial charge in [0.2, 0.25) is 5.91 Å². The first-order valence-electron chi connectivity index (χ1n) is 8.88. The van der Waals surface area contributed by atoms with Crippen molar-refractivity contribution in [2.45, 2.75) is 32.4 Å². The molecule has 0 aromatic heterocycles. The quantitative estimate of drug-likeness (QED) is 0.702. The largest absolute Gasteiger partial charge is 0.464 e. The molecule has 6 heteroatoms. The average Bonchev–Trinajstić information content (AvgIpc) is 2.68. The molecule has 2 amide bonds. The third kappa shape index (κ3) is 6.26. The van der Waals surface area contributed by atoms with Crippen molar-refractivity contribution in [3.63, 3.8) is 0 Å². The lowest BCUT2D eigenvalue weighted by Gasteiger charge is -2.20. The molecule has 2 atom stereocenters. The van der Waals surface area contributed by atoms with E-state index < -0.39 is 18.1 Å². The van der Waals surface area contributed by atoms with Gasteiger partial charge in [0.05, 0.1) is 19.1 Å². The second-order valence-corrected chi connectivity index (χ2v) is 6.05. The first kappa shape index (κ1) is 20.2. The number of carbonyl (C=O) groups is 3. The molecule has 2 N–H and O–H groups in total. The lowest BCUT2D eigenvalue weighted by atomic mass is 10.0. The number of hydrogen-bond donors (Lipinski definition) is 2. The Bertz CT molecular complexity index is 762. The van der Waals surface area contributed by atoms with Gasteiger partial charge in [0, 0.05) is 5.56 Å². The van der Waals surface area contributed by atoms with Crippen molar-refractivity contribution >= 4 is 17.8 Å². The smallest absolute Gasteiger partial charge is 0.328 e. The molecular formula is C21H24N2O4.